The number of halogens is 3. The number of ether oxygens (including phenoxy) is 2. The molecule has 1 aliphatic rings. The van der Waals surface area contributed by atoms with Crippen LogP contribution < -0.4 is 25.0 Å². The first-order valence-electron chi connectivity index (χ1n) is 7.74. The van der Waals surface area contributed by atoms with Crippen LogP contribution in [0.5, 0.6) is 11.5 Å². The fraction of sp³-hybridized carbons (Fsp3) is 0.533. The van der Waals surface area contributed by atoms with Crippen LogP contribution in [-0.4, -0.2) is 44.3 Å². The molecule has 6 nitrogen and oxygen atoms in total. The Bertz CT molecular complexity index is 552. The molecule has 9 heteroatoms. The number of quaternary nitrogens is 1. The summed E-state index contributed by atoms with van der Waals surface area (Å²) in [4.78, 5) is 13.1. The number of hydrogen-bond donors (Lipinski definition) is 3. The highest BCUT2D eigenvalue weighted by atomic mass is 19.4. The first-order valence-corrected chi connectivity index (χ1v) is 7.74. The lowest BCUT2D eigenvalue weighted by atomic mass is 10.3. The van der Waals surface area contributed by atoms with Crippen LogP contribution in [-0.2, 0) is 0 Å². The van der Waals surface area contributed by atoms with E-state index in [4.69, 9.17) is 9.47 Å². The maximum absolute atomic E-state index is 13.4. The third-order valence-electron chi connectivity index (χ3n) is 3.77. The standard InChI is InChI=1S/C15H20F3N3O3/c1-3-21(4-2)10-9-19-13(22)20-15(14(16,17)18)23-11-7-5-6-8-12(11)24-15/h5-8H,3-4,9-10H2,1-2H3,(H2,19,20,22)/p+1. The molecule has 2 rings (SSSR count). The Morgan fingerprint density at radius 2 is 1.71 bits per heavy atom. The zero-order valence-electron chi connectivity index (χ0n) is 13.5. The van der Waals surface area contributed by atoms with Crippen molar-refractivity contribution in [2.24, 2.45) is 0 Å². The van der Waals surface area contributed by atoms with Crippen molar-refractivity contribution in [1.29, 1.82) is 0 Å². The van der Waals surface area contributed by atoms with Gasteiger partial charge in [0.25, 0.3) is 0 Å². The number of urea groups is 1. The van der Waals surface area contributed by atoms with Crippen molar-refractivity contribution in [3.8, 4) is 11.5 Å². The maximum atomic E-state index is 13.4. The summed E-state index contributed by atoms with van der Waals surface area (Å²) in [6.07, 6.45) is -4.95. The number of benzene rings is 1. The number of alkyl halides is 3. The van der Waals surface area contributed by atoms with Crippen molar-refractivity contribution >= 4 is 6.03 Å². The van der Waals surface area contributed by atoms with Gasteiger partial charge in [0.15, 0.2) is 11.5 Å². The Kier molecular flexibility index (Phi) is 5.43. The molecule has 134 valence electrons. The molecule has 0 unspecified atom stereocenters. The summed E-state index contributed by atoms with van der Waals surface area (Å²) < 4.78 is 50.0. The molecule has 0 aromatic heterocycles. The van der Waals surface area contributed by atoms with Crippen molar-refractivity contribution in [1.82, 2.24) is 10.6 Å². The van der Waals surface area contributed by atoms with Crippen molar-refractivity contribution in [3.63, 3.8) is 0 Å². The molecule has 2 amide bonds. The number of hydrogen-bond acceptors (Lipinski definition) is 3. The minimum Gasteiger partial charge on any atom is -0.424 e. The average molecular weight is 348 g/mol. The normalized spacial score (nSPS) is 15.4. The fourth-order valence-electron chi connectivity index (χ4n) is 2.34. The van der Waals surface area contributed by atoms with E-state index in [-0.39, 0.29) is 18.0 Å². The van der Waals surface area contributed by atoms with E-state index in [1.165, 1.54) is 29.2 Å². The Balaban J connectivity index is 2.00. The van der Waals surface area contributed by atoms with Crippen LogP contribution in [0, 0.1) is 0 Å². The minimum atomic E-state index is -4.95. The molecule has 0 bridgehead atoms. The summed E-state index contributed by atoms with van der Waals surface area (Å²) in [5, 5.41) is 4.16. The van der Waals surface area contributed by atoms with Gasteiger partial charge in [-0.15, -0.1) is 0 Å². The summed E-state index contributed by atoms with van der Waals surface area (Å²) in [6, 6.07) is 4.70. The van der Waals surface area contributed by atoms with Gasteiger partial charge in [-0.2, -0.15) is 13.2 Å². The van der Waals surface area contributed by atoms with Crippen molar-refractivity contribution in [3.05, 3.63) is 24.3 Å². The molecule has 0 spiro atoms. The first kappa shape index (κ1) is 18.2. The Hall–Kier alpha value is -2.16. The Morgan fingerprint density at radius 1 is 1.17 bits per heavy atom. The van der Waals surface area contributed by atoms with Crippen LogP contribution in [0.3, 0.4) is 0 Å². The predicted molar refractivity (Wildman–Crippen MR) is 79.9 cm³/mol. The van der Waals surface area contributed by atoms with E-state index in [9.17, 15) is 18.0 Å². The fourth-order valence-corrected chi connectivity index (χ4v) is 2.34. The van der Waals surface area contributed by atoms with Crippen molar-refractivity contribution in [2.75, 3.05) is 26.2 Å². The second-order valence-corrected chi connectivity index (χ2v) is 5.35. The van der Waals surface area contributed by atoms with Gasteiger partial charge in [-0.05, 0) is 26.0 Å². The van der Waals surface area contributed by atoms with E-state index in [1.54, 1.807) is 5.32 Å². The van der Waals surface area contributed by atoms with Gasteiger partial charge in [-0.3, -0.25) is 5.32 Å². The quantitative estimate of drug-likeness (QED) is 0.716. The number of nitrogens with one attached hydrogen (secondary N) is 3. The van der Waals surface area contributed by atoms with E-state index in [2.05, 4.69) is 5.32 Å². The van der Waals surface area contributed by atoms with Crippen LogP contribution >= 0.6 is 0 Å². The number of para-hydroxylation sites is 2. The van der Waals surface area contributed by atoms with Gasteiger partial charge in [-0.25, -0.2) is 4.79 Å². The molecule has 1 aliphatic heterocycles. The van der Waals surface area contributed by atoms with Gasteiger partial charge in [0.2, 0.25) is 0 Å². The number of carbonyl (C=O) groups excluding carboxylic acids is 1. The molecule has 1 heterocycles. The molecular formula is C15H21F3N3O3+. The van der Waals surface area contributed by atoms with E-state index >= 15 is 0 Å². The molecule has 24 heavy (non-hydrogen) atoms. The molecule has 3 N–H and O–H groups in total. The zero-order chi connectivity index (χ0) is 17.8. The van der Waals surface area contributed by atoms with Gasteiger partial charge >= 0.3 is 18.1 Å². The van der Waals surface area contributed by atoms with E-state index in [0.717, 1.165) is 13.1 Å². The van der Waals surface area contributed by atoms with Gasteiger partial charge in [0, 0.05) is 0 Å². The third kappa shape index (κ3) is 3.84. The van der Waals surface area contributed by atoms with Crippen LogP contribution in [0.4, 0.5) is 18.0 Å². The van der Waals surface area contributed by atoms with E-state index in [1.807, 2.05) is 13.8 Å². The second-order valence-electron chi connectivity index (χ2n) is 5.35. The minimum absolute atomic E-state index is 0.0808. The van der Waals surface area contributed by atoms with Crippen molar-refractivity contribution < 1.29 is 32.3 Å². The summed E-state index contributed by atoms with van der Waals surface area (Å²) in [6.45, 7) is 6.58. The van der Waals surface area contributed by atoms with Crippen LogP contribution in [0.25, 0.3) is 0 Å². The molecule has 1 aromatic carbocycles. The summed E-state index contributed by atoms with van der Waals surface area (Å²) in [5.74, 6) is -3.38. The van der Waals surface area contributed by atoms with Crippen LogP contribution in [0.1, 0.15) is 13.8 Å². The lowest BCUT2D eigenvalue weighted by Gasteiger charge is -2.29. The molecule has 0 atom stereocenters. The highest BCUT2D eigenvalue weighted by Crippen LogP contribution is 2.44. The number of amides is 2. The smallest absolute Gasteiger partial charge is 0.424 e. The first-order chi connectivity index (χ1) is 11.3. The Labute approximate surface area is 137 Å². The van der Waals surface area contributed by atoms with Gasteiger partial charge < -0.3 is 19.7 Å². The van der Waals surface area contributed by atoms with E-state index < -0.39 is 18.1 Å². The van der Waals surface area contributed by atoms with Crippen molar-refractivity contribution in [2.45, 2.75) is 25.9 Å². The third-order valence-corrected chi connectivity index (χ3v) is 3.77. The average Bonchev–Trinajstić information content (AvgIpc) is 2.90. The number of rotatable bonds is 6. The summed E-state index contributed by atoms with van der Waals surface area (Å²) in [7, 11) is 0. The van der Waals surface area contributed by atoms with Crippen LogP contribution in [0.2, 0.25) is 0 Å². The molecule has 0 aliphatic carbocycles. The lowest BCUT2D eigenvalue weighted by Crippen LogP contribution is -3.12. The highest BCUT2D eigenvalue weighted by molar-refractivity contribution is 5.74. The monoisotopic (exact) mass is 348 g/mol. The SMILES string of the molecule is CC[NH+](CC)CCNC(=O)NC1(C(F)(F)F)Oc2ccccc2O1. The molecule has 0 saturated heterocycles. The van der Waals surface area contributed by atoms with Gasteiger partial charge in [-0.1, -0.05) is 12.1 Å². The molecule has 1 aromatic rings. The van der Waals surface area contributed by atoms with E-state index in [0.29, 0.717) is 6.54 Å². The van der Waals surface area contributed by atoms with Gasteiger partial charge in [0.05, 0.1) is 26.2 Å². The highest BCUT2D eigenvalue weighted by Gasteiger charge is 2.65. The number of likely N-dealkylation sites (N-methyl/N-ethyl adjacent to an activating group) is 1. The maximum Gasteiger partial charge on any atom is 0.492 e. The van der Waals surface area contributed by atoms with Crippen LogP contribution in [0.15, 0.2) is 24.3 Å². The molecule has 0 saturated carbocycles. The Morgan fingerprint density at radius 3 is 2.17 bits per heavy atom. The molecular weight excluding hydrogens is 327 g/mol. The number of fused-ring (bicyclic) bond motifs is 1. The summed E-state index contributed by atoms with van der Waals surface area (Å²) in [5.41, 5.74) is 0. The molecule has 0 radical (unpaired) electrons. The topological polar surface area (TPSA) is 64.0 Å². The summed E-state index contributed by atoms with van der Waals surface area (Å²) >= 11 is 0. The largest absolute Gasteiger partial charge is 0.492 e. The predicted octanol–water partition coefficient (Wildman–Crippen LogP) is 0.898. The molecule has 0 fully saturated rings. The van der Waals surface area contributed by atoms with Gasteiger partial charge in [0.1, 0.15) is 0 Å². The number of carbonyl (C=O) groups is 1. The zero-order valence-corrected chi connectivity index (χ0v) is 13.5. The second kappa shape index (κ2) is 7.16. The lowest BCUT2D eigenvalue weighted by molar-refractivity contribution is -0.895.